The molecule has 7 aromatic heterocycles. The minimum atomic E-state index is -0.715. The maximum Gasteiger partial charge on any atom is 0.413 e. The number of amidine groups is 5. The maximum absolute atomic E-state index is 12.6. The number of thioether (sulfide) groups is 5. The van der Waals surface area contributed by atoms with Crippen molar-refractivity contribution in [1.29, 1.82) is 0 Å². The molecule has 0 spiro atoms. The van der Waals surface area contributed by atoms with Crippen LogP contribution >= 0.6 is 74.7 Å². The number of anilines is 3. The number of allylic oxidation sites excluding steroid dienone is 1. The Balaban J connectivity index is 0.000000177. The molecule has 0 aromatic carbocycles. The number of H-pyrrole nitrogens is 1. The Kier molecular flexibility index (Phi) is 33.1. The number of rotatable bonds is 14. The third kappa shape index (κ3) is 27.5. The number of aromatic amines is 1. The maximum atomic E-state index is 12.6. The first-order valence-electron chi connectivity index (χ1n) is 39.2. The van der Waals surface area contributed by atoms with Gasteiger partial charge in [0.1, 0.15) is 28.3 Å². The van der Waals surface area contributed by atoms with E-state index in [1.165, 1.54) is 88.8 Å². The summed E-state index contributed by atoms with van der Waals surface area (Å²) < 4.78 is 29.1. The van der Waals surface area contributed by atoms with Crippen molar-refractivity contribution in [3.8, 4) is 11.8 Å². The number of dihydropyridines is 1. The molecule has 1 unspecified atom stereocenters. The van der Waals surface area contributed by atoms with E-state index in [0.29, 0.717) is 84.3 Å². The summed E-state index contributed by atoms with van der Waals surface area (Å²) in [6.07, 6.45) is 21.1. The summed E-state index contributed by atoms with van der Waals surface area (Å²) in [6, 6.07) is 7.06. The monoisotopic (exact) mass is 1870 g/mol. The molecule has 7 aromatic rings. The molecule has 0 bridgehead atoms. The number of alkyl carbamates (subject to hydrolysis) is 2. The minimum absolute atomic E-state index is 0.163. The number of carbonyl (C=O) groups is 5. The molecule has 6 aliphatic rings. The molecular formula is C82H106BrN25O12S5. The lowest BCUT2D eigenvalue weighted by atomic mass is 9.86. The highest BCUT2D eigenvalue weighted by atomic mass is 79.9. The van der Waals surface area contributed by atoms with Crippen molar-refractivity contribution >= 4 is 148 Å². The van der Waals surface area contributed by atoms with E-state index in [0.717, 1.165) is 86.3 Å². The van der Waals surface area contributed by atoms with Gasteiger partial charge in [-0.2, -0.15) is 0 Å². The van der Waals surface area contributed by atoms with Gasteiger partial charge < -0.3 is 77.4 Å². The smallest absolute Gasteiger partial charge is 0.413 e. The SMILES string of the molecule is COC1NC=C(NC(=O)c2cnc(C)cn2)C=C1[C@]1(C)CCSC(N)=N1.COc1ncc(Br)cc1[C@]1(C)CCSC(NC(=O)OC(C)(C)C)=N1.COc1ncc(N)cc1[C@]1(C)CCSC(NC(=O)OC(C)(C)C)=N1.Cc1cnc(C(=O)Nc2c[nH]c(=O)c([C@]3(C)CCSC(N)=N3)c2)cn1.Cc1cnc(C(=O)Nc2cc([C@]3(C)CCSC(N)=N3)c(=O)n(C)c2)cn1. The number of nitrogens with one attached hydrogen (secondary N) is 7. The van der Waals surface area contributed by atoms with E-state index in [1.807, 2.05) is 101 Å². The van der Waals surface area contributed by atoms with Crippen LogP contribution in [0.3, 0.4) is 0 Å². The Morgan fingerprint density at radius 1 is 0.496 bits per heavy atom. The van der Waals surface area contributed by atoms with Crippen LogP contribution in [-0.4, -0.2) is 178 Å². The quantitative estimate of drug-likeness (QED) is 0.0482. The molecule has 6 atom stereocenters. The Hall–Kier alpha value is -11.0. The second-order valence-corrected chi connectivity index (χ2v) is 38.4. The van der Waals surface area contributed by atoms with E-state index >= 15 is 0 Å². The van der Waals surface area contributed by atoms with Crippen molar-refractivity contribution in [2.24, 2.45) is 49.2 Å². The summed E-state index contributed by atoms with van der Waals surface area (Å²) in [4.78, 5) is 144. The number of ether oxygens (including phenoxy) is 5. The normalized spacial score (nSPS) is 21.5. The zero-order valence-electron chi connectivity index (χ0n) is 72.8. The second kappa shape index (κ2) is 42.3. The number of nitrogens with zero attached hydrogens (tertiary/aromatic N) is 14. The molecule has 0 radical (unpaired) electrons. The van der Waals surface area contributed by atoms with Gasteiger partial charge in [-0.15, -0.1) is 0 Å². The van der Waals surface area contributed by atoms with Gasteiger partial charge in [-0.3, -0.25) is 74.5 Å². The lowest BCUT2D eigenvalue weighted by Gasteiger charge is -2.37. The van der Waals surface area contributed by atoms with E-state index in [2.05, 4.69) is 108 Å². The van der Waals surface area contributed by atoms with E-state index in [-0.39, 0.29) is 40.3 Å². The number of methoxy groups -OCH3 is 3. The summed E-state index contributed by atoms with van der Waals surface area (Å²) in [5.74, 6) is 3.95. The first-order valence-corrected chi connectivity index (χ1v) is 44.9. The molecule has 125 heavy (non-hydrogen) atoms. The number of aliphatic imine (C=N–C) groups is 5. The number of hydrogen-bond donors (Lipinski definition) is 11. The average molecular weight is 1870 g/mol. The van der Waals surface area contributed by atoms with Crippen molar-refractivity contribution in [2.75, 3.05) is 66.5 Å². The van der Waals surface area contributed by atoms with Crippen molar-refractivity contribution in [2.45, 2.75) is 174 Å². The molecular weight excluding hydrogens is 1770 g/mol. The molecule has 13 rings (SSSR count). The largest absolute Gasteiger partial charge is 0.481 e. The highest BCUT2D eigenvalue weighted by Crippen LogP contribution is 2.43. The van der Waals surface area contributed by atoms with Gasteiger partial charge in [0.15, 0.2) is 32.1 Å². The van der Waals surface area contributed by atoms with Crippen LogP contribution in [0, 0.1) is 20.8 Å². The first kappa shape index (κ1) is 97.8. The van der Waals surface area contributed by atoms with Crippen LogP contribution in [-0.2, 0) is 43.4 Å². The van der Waals surface area contributed by atoms with E-state index in [1.54, 1.807) is 97.1 Å². The van der Waals surface area contributed by atoms with Crippen molar-refractivity contribution in [3.05, 3.63) is 191 Å². The van der Waals surface area contributed by atoms with Gasteiger partial charge >= 0.3 is 12.2 Å². The Bertz CT molecular complexity index is 5360. The molecule has 668 valence electrons. The van der Waals surface area contributed by atoms with Crippen molar-refractivity contribution in [3.63, 3.8) is 0 Å². The van der Waals surface area contributed by atoms with Crippen LogP contribution in [0.15, 0.2) is 149 Å². The van der Waals surface area contributed by atoms with Crippen LogP contribution in [0.2, 0.25) is 0 Å². The topological polar surface area (TPSA) is 528 Å². The number of nitrogen functional groups attached to an aromatic ring is 1. The lowest BCUT2D eigenvalue weighted by Crippen LogP contribution is -2.45. The van der Waals surface area contributed by atoms with Crippen molar-refractivity contribution < 1.29 is 47.7 Å². The Morgan fingerprint density at radius 3 is 1.34 bits per heavy atom. The number of halogens is 1. The van der Waals surface area contributed by atoms with Gasteiger partial charge in [0.05, 0.1) is 107 Å². The fourth-order valence-corrected chi connectivity index (χ4v) is 18.2. The van der Waals surface area contributed by atoms with E-state index in [4.69, 9.17) is 56.6 Å². The molecule has 0 saturated heterocycles. The number of hydrogen-bond acceptors (Lipinski definition) is 35. The molecule has 5 amide bonds. The van der Waals surface area contributed by atoms with Crippen LogP contribution in [0.1, 0.15) is 179 Å². The standard InChI is InChI=1S/C17H20N6O2S.C17H22N6O2S.C16H22BrN3O3S.C16H18N6O2S.C16H24N4O3S/c1-10-7-20-13(8-19-10)14(24)21-11-6-12(15(25)23(3)9-11)17(2)4-5-26-16(18)22-17;1-10-7-20-13(9-19-10)14(24)22-11-6-12(15(25-3)21-8-11)17(2)4-5-26-16(18)23-17;1-15(2,3)23-14(21)19-13-20-16(4,6-7-24-13)11-8-10(17)9-18-12(11)22-5;1-9-6-19-12(8-18-9)14(24)21-10-5-11(13(23)20-7-10)16(2)3-4-25-15(17)22-16;1-15(2,3)23-14(21)19-13-20-16(4,6-7-24-13)11-8-10(17)9-18-12(11)22-5/h6-9H,4-5H2,1-3H3,(H2,18,22)(H,21,24);6-9,15,21H,4-5H2,1-3H3,(H2,18,23)(H,22,24);8-9H,6-7H2,1-5H3,(H,19,20,21);5-8H,3-4H2,1-2H3,(H2,17,22)(H,20,23)(H,21,24);8-9H,6-7,17H2,1-5H3,(H,19,20,21)/t17-;15?,17-;3*16-/m00000/s1. The van der Waals surface area contributed by atoms with Crippen LogP contribution < -0.4 is 75.4 Å². The number of aryl methyl sites for hydroxylation is 4. The van der Waals surface area contributed by atoms with Gasteiger partial charge in [-0.25, -0.2) is 34.5 Å². The Labute approximate surface area is 753 Å². The van der Waals surface area contributed by atoms with Crippen LogP contribution in [0.4, 0.5) is 26.7 Å². The summed E-state index contributed by atoms with van der Waals surface area (Å²) in [6.45, 7) is 26.1. The number of pyridine rings is 4. The highest BCUT2D eigenvalue weighted by Gasteiger charge is 2.41. The lowest BCUT2D eigenvalue weighted by molar-refractivity contribution is 0.0552. The predicted molar refractivity (Wildman–Crippen MR) is 498 cm³/mol. The third-order valence-electron chi connectivity index (χ3n) is 19.3. The molecule has 6 aliphatic heterocycles. The minimum Gasteiger partial charge on any atom is -0.481 e. The number of nitrogens with two attached hydrogens (primary N) is 4. The molecule has 0 saturated carbocycles. The van der Waals surface area contributed by atoms with Crippen LogP contribution in [0.25, 0.3) is 0 Å². The molecule has 43 heteroatoms. The second-order valence-electron chi connectivity index (χ2n) is 32.0. The zero-order valence-corrected chi connectivity index (χ0v) is 78.4. The summed E-state index contributed by atoms with van der Waals surface area (Å²) in [5, 5.41) is 19.5. The Morgan fingerprint density at radius 2 is 0.904 bits per heavy atom. The molecule has 37 nitrogen and oxygen atoms in total. The highest BCUT2D eigenvalue weighted by molar-refractivity contribution is 9.10. The fraction of sp³-hybridized carbons (Fsp3) is 0.439. The predicted octanol–water partition coefficient (Wildman–Crippen LogP) is 10.9. The fourth-order valence-electron chi connectivity index (χ4n) is 12.7. The molecule has 15 N–H and O–H groups in total. The van der Waals surface area contributed by atoms with Crippen molar-refractivity contribution in [1.82, 2.24) is 70.7 Å². The summed E-state index contributed by atoms with van der Waals surface area (Å²) in [7, 11) is 6.41. The third-order valence-corrected chi connectivity index (χ3v) is 23.9. The van der Waals surface area contributed by atoms with Gasteiger partial charge in [0.2, 0.25) is 11.8 Å². The molecule has 0 fully saturated rings. The van der Waals surface area contributed by atoms with Gasteiger partial charge in [0.25, 0.3) is 28.8 Å². The molecule has 0 aliphatic carbocycles. The average Bonchev–Trinajstić information content (AvgIpc) is 0.805. The zero-order chi connectivity index (χ0) is 91.6. The summed E-state index contributed by atoms with van der Waals surface area (Å²) >= 11 is 10.9. The van der Waals surface area contributed by atoms with E-state index < -0.39 is 62.9 Å². The number of amides is 5. The van der Waals surface area contributed by atoms with E-state index in [9.17, 15) is 33.6 Å². The summed E-state index contributed by atoms with van der Waals surface area (Å²) in [5.41, 5.74) is 27.4. The molecule has 13 heterocycles. The van der Waals surface area contributed by atoms with Gasteiger partial charge in [-0.05, 0) is 175 Å². The number of aromatic nitrogens is 10. The number of carbonyl (C=O) groups excluding carboxylic acids is 5. The van der Waals surface area contributed by atoms with Crippen LogP contribution in [0.5, 0.6) is 11.8 Å². The van der Waals surface area contributed by atoms with Gasteiger partial charge in [0, 0.05) is 119 Å². The van der Waals surface area contributed by atoms with Gasteiger partial charge in [-0.1, -0.05) is 58.8 Å². The first-order chi connectivity index (χ1) is 58.8.